The molecule has 0 aliphatic carbocycles. The second kappa shape index (κ2) is 9.07. The molecule has 6 rings (SSSR count). The minimum absolute atomic E-state index is 0.0201. The number of carbonyl (C=O) groups is 3. The van der Waals surface area contributed by atoms with Crippen LogP contribution in [0.15, 0.2) is 36.4 Å². The molecule has 0 aromatic heterocycles. The van der Waals surface area contributed by atoms with Crippen LogP contribution in [0.3, 0.4) is 0 Å². The molecule has 35 heavy (non-hydrogen) atoms. The van der Waals surface area contributed by atoms with Crippen molar-refractivity contribution in [2.45, 2.75) is 45.3 Å². The van der Waals surface area contributed by atoms with Crippen molar-refractivity contribution in [1.29, 1.82) is 0 Å². The number of rotatable bonds is 4. The lowest BCUT2D eigenvalue weighted by molar-refractivity contribution is -0.174. The van der Waals surface area contributed by atoms with Crippen LogP contribution in [0.1, 0.15) is 52.3 Å². The summed E-state index contributed by atoms with van der Waals surface area (Å²) in [4.78, 5) is 45.3. The van der Waals surface area contributed by atoms with Crippen molar-refractivity contribution in [1.82, 2.24) is 14.9 Å². The van der Waals surface area contributed by atoms with E-state index in [2.05, 4.69) is 41.3 Å². The van der Waals surface area contributed by atoms with Crippen molar-refractivity contribution in [2.24, 2.45) is 0 Å². The van der Waals surface area contributed by atoms with Gasteiger partial charge in [-0.05, 0) is 33.4 Å². The minimum Gasteiger partial charge on any atom is -0.372 e. The Hall–Kier alpha value is -3.27. The van der Waals surface area contributed by atoms with Crippen LogP contribution in [-0.2, 0) is 50.3 Å². The van der Waals surface area contributed by atoms with Gasteiger partial charge < -0.3 is 19.2 Å². The summed E-state index contributed by atoms with van der Waals surface area (Å²) in [6.07, 6.45) is -0.493. The average molecular weight is 478 g/mol. The fraction of sp³-hybridized carbons (Fsp3) is 0.423. The molecule has 0 saturated carbocycles. The number of amides is 3. The summed E-state index contributed by atoms with van der Waals surface area (Å²) < 4.78 is 11.3. The normalized spacial score (nSPS) is 20.0. The van der Waals surface area contributed by atoms with Gasteiger partial charge in [0.25, 0.3) is 11.8 Å². The number of benzene rings is 2. The van der Waals surface area contributed by atoms with Gasteiger partial charge in [0.15, 0.2) is 0 Å². The Bertz CT molecular complexity index is 1120. The molecule has 0 unspecified atom stereocenters. The van der Waals surface area contributed by atoms with E-state index in [1.165, 1.54) is 33.4 Å². The molecule has 2 saturated heterocycles. The lowest BCUT2D eigenvalue weighted by Crippen LogP contribution is -2.51. The number of imide groups is 1. The highest BCUT2D eigenvalue weighted by molar-refractivity contribution is 6.01. The minimum atomic E-state index is -0.658. The third-order valence-electron chi connectivity index (χ3n) is 7.24. The summed E-state index contributed by atoms with van der Waals surface area (Å²) in [5.74, 6) is -0.938. The van der Waals surface area contributed by atoms with Crippen LogP contribution in [-0.4, -0.2) is 58.9 Å². The maximum atomic E-state index is 12.6. The second-order valence-electron chi connectivity index (χ2n) is 9.41. The number of ether oxygens (including phenoxy) is 2. The van der Waals surface area contributed by atoms with Crippen LogP contribution >= 0.6 is 0 Å². The highest BCUT2D eigenvalue weighted by atomic mass is 16.7. The van der Waals surface area contributed by atoms with Gasteiger partial charge in [-0.15, -0.1) is 5.06 Å². The summed E-state index contributed by atoms with van der Waals surface area (Å²) in [7, 11) is 0. The molecular formula is C26H27N3O6. The molecule has 0 bridgehead atoms. The van der Waals surface area contributed by atoms with E-state index < -0.39 is 17.9 Å². The Labute approximate surface area is 203 Å². The largest absolute Gasteiger partial charge is 0.434 e. The Morgan fingerprint density at radius 2 is 1.26 bits per heavy atom. The first-order valence-electron chi connectivity index (χ1n) is 12.0. The standard InChI is InChI=1S/C26H27N3O6/c30-23-5-6-24(31)29(23)35-26(32)28-9-7-27(8-10-28)25(17-1-3-19-13-33-15-21(19)11-17)18-2-4-20-14-34-16-22(20)12-18/h1-4,11-12,25H,5-10,13-16H2. The van der Waals surface area contributed by atoms with Crippen molar-refractivity contribution in [3.8, 4) is 0 Å². The molecular weight excluding hydrogens is 450 g/mol. The van der Waals surface area contributed by atoms with E-state index in [0.717, 1.165) is 0 Å². The van der Waals surface area contributed by atoms with Crippen molar-refractivity contribution in [2.75, 3.05) is 26.2 Å². The van der Waals surface area contributed by atoms with Crippen molar-refractivity contribution in [3.63, 3.8) is 0 Å². The summed E-state index contributed by atoms with van der Waals surface area (Å²) in [6.45, 7) is 4.69. The first-order valence-corrected chi connectivity index (χ1v) is 12.0. The maximum Gasteiger partial charge on any atom is 0.434 e. The third kappa shape index (κ3) is 4.20. The first kappa shape index (κ1) is 22.2. The fourth-order valence-corrected chi connectivity index (χ4v) is 5.29. The number of hydrogen-bond donors (Lipinski definition) is 0. The molecule has 0 spiro atoms. The summed E-state index contributed by atoms with van der Waals surface area (Å²) in [6, 6.07) is 13.1. The van der Waals surface area contributed by atoms with E-state index in [4.69, 9.17) is 14.3 Å². The van der Waals surface area contributed by atoms with Gasteiger partial charge in [0.05, 0.1) is 32.5 Å². The van der Waals surface area contributed by atoms with Crippen molar-refractivity contribution < 1.29 is 28.7 Å². The number of hydroxylamine groups is 2. The van der Waals surface area contributed by atoms with Gasteiger partial charge in [-0.25, -0.2) is 4.79 Å². The number of fused-ring (bicyclic) bond motifs is 2. The molecule has 2 aromatic rings. The number of piperazine rings is 1. The van der Waals surface area contributed by atoms with Crippen molar-refractivity contribution >= 4 is 17.9 Å². The van der Waals surface area contributed by atoms with E-state index in [9.17, 15) is 14.4 Å². The van der Waals surface area contributed by atoms with Crippen LogP contribution in [0, 0.1) is 0 Å². The van der Waals surface area contributed by atoms with Gasteiger partial charge in [0, 0.05) is 39.0 Å². The Kier molecular flexibility index (Phi) is 5.75. The lowest BCUT2D eigenvalue weighted by Gasteiger charge is -2.39. The maximum absolute atomic E-state index is 12.6. The van der Waals surface area contributed by atoms with Crippen LogP contribution in [0.2, 0.25) is 0 Å². The molecule has 0 radical (unpaired) electrons. The molecule has 0 N–H and O–H groups in total. The van der Waals surface area contributed by atoms with E-state index in [1.54, 1.807) is 4.90 Å². The monoisotopic (exact) mass is 477 g/mol. The smallest absolute Gasteiger partial charge is 0.372 e. The number of carbonyl (C=O) groups excluding carboxylic acids is 3. The summed E-state index contributed by atoms with van der Waals surface area (Å²) >= 11 is 0. The molecule has 9 heteroatoms. The Morgan fingerprint density at radius 1 is 0.743 bits per heavy atom. The summed E-state index contributed by atoms with van der Waals surface area (Å²) in [5, 5.41) is 0.608. The molecule has 182 valence electrons. The van der Waals surface area contributed by atoms with Crippen LogP contribution < -0.4 is 0 Å². The van der Waals surface area contributed by atoms with Crippen LogP contribution in [0.4, 0.5) is 4.79 Å². The molecule has 3 amide bonds. The van der Waals surface area contributed by atoms with E-state index >= 15 is 0 Å². The molecule has 2 fully saturated rings. The predicted octanol–water partition coefficient (Wildman–Crippen LogP) is 2.65. The molecule has 0 atom stereocenters. The van der Waals surface area contributed by atoms with E-state index in [0.29, 0.717) is 57.7 Å². The zero-order valence-corrected chi connectivity index (χ0v) is 19.4. The average Bonchev–Trinajstić information content (AvgIpc) is 3.61. The van der Waals surface area contributed by atoms with Gasteiger partial charge >= 0.3 is 6.09 Å². The SMILES string of the molecule is O=C(ON1C(=O)CCC1=O)N1CCN(C(c2ccc3c(c2)COC3)c2ccc3c(c2)COC3)CC1. The van der Waals surface area contributed by atoms with Gasteiger partial charge in [0.2, 0.25) is 0 Å². The van der Waals surface area contributed by atoms with E-state index in [1.807, 2.05) is 0 Å². The quantitative estimate of drug-likeness (QED) is 0.626. The zero-order valence-electron chi connectivity index (χ0n) is 19.4. The lowest BCUT2D eigenvalue weighted by atomic mass is 9.92. The van der Waals surface area contributed by atoms with Gasteiger partial charge in [-0.1, -0.05) is 36.4 Å². The molecule has 9 nitrogen and oxygen atoms in total. The molecule has 4 aliphatic rings. The molecule has 4 heterocycles. The predicted molar refractivity (Wildman–Crippen MR) is 122 cm³/mol. The topological polar surface area (TPSA) is 88.6 Å². The van der Waals surface area contributed by atoms with E-state index in [-0.39, 0.29) is 18.9 Å². The van der Waals surface area contributed by atoms with Gasteiger partial charge in [-0.2, -0.15) is 0 Å². The van der Waals surface area contributed by atoms with Gasteiger partial charge in [-0.3, -0.25) is 14.5 Å². The number of hydrogen-bond acceptors (Lipinski definition) is 7. The number of nitrogens with zero attached hydrogens (tertiary/aromatic N) is 3. The summed E-state index contributed by atoms with van der Waals surface area (Å²) in [5.41, 5.74) is 7.29. The molecule has 4 aliphatic heterocycles. The fourth-order valence-electron chi connectivity index (χ4n) is 5.29. The van der Waals surface area contributed by atoms with Crippen molar-refractivity contribution in [3.05, 3.63) is 69.8 Å². The van der Waals surface area contributed by atoms with Gasteiger partial charge in [0.1, 0.15) is 0 Å². The third-order valence-corrected chi connectivity index (χ3v) is 7.24. The highest BCUT2D eigenvalue weighted by Gasteiger charge is 2.36. The second-order valence-corrected chi connectivity index (χ2v) is 9.41. The first-order chi connectivity index (χ1) is 17.1. The van der Waals surface area contributed by atoms with Crippen LogP contribution in [0.5, 0.6) is 0 Å². The zero-order chi connectivity index (χ0) is 23.9. The Morgan fingerprint density at radius 3 is 1.80 bits per heavy atom. The Balaban J connectivity index is 1.22. The molecule has 2 aromatic carbocycles. The van der Waals surface area contributed by atoms with Crippen LogP contribution in [0.25, 0.3) is 0 Å². The highest BCUT2D eigenvalue weighted by Crippen LogP contribution is 2.35.